The predicted octanol–water partition coefficient (Wildman–Crippen LogP) is 1.86. The maximum absolute atomic E-state index is 13.2. The predicted molar refractivity (Wildman–Crippen MR) is 111 cm³/mol. The number of carbonyl (C=O) groups is 3. The number of nitrogens with zero attached hydrogens (tertiary/aromatic N) is 1. The third-order valence-electron chi connectivity index (χ3n) is 5.89. The number of amides is 1. The van der Waals surface area contributed by atoms with E-state index in [1.807, 2.05) is 30.3 Å². The molecule has 1 aromatic rings. The van der Waals surface area contributed by atoms with Gasteiger partial charge in [0.1, 0.15) is 12.1 Å². The smallest absolute Gasteiger partial charge is 0.326 e. The summed E-state index contributed by atoms with van der Waals surface area (Å²) in [5.41, 5.74) is 1.03. The molecule has 1 amide bonds. The Bertz CT molecular complexity index is 744. The maximum atomic E-state index is 13.2. The average molecular weight is 421 g/mol. The Morgan fingerprint density at radius 1 is 1.17 bits per heavy atom. The van der Waals surface area contributed by atoms with Crippen molar-refractivity contribution in [2.24, 2.45) is 5.92 Å². The number of carboxylic acids is 2. The lowest BCUT2D eigenvalue weighted by Gasteiger charge is -2.43. The fourth-order valence-corrected chi connectivity index (χ4v) is 5.80. The SMILES string of the molecule is CC(N[C@@H](CCc1ccccc1)C(=O)O)C(=O)N1C2CSCC2CC[C@H]1C(=O)O. The molecule has 3 N–H and O–H groups in total. The molecule has 0 aliphatic carbocycles. The minimum absolute atomic E-state index is 0.0841. The second-order valence-electron chi connectivity index (χ2n) is 7.85. The number of carbonyl (C=O) groups excluding carboxylic acids is 1. The molecule has 5 atom stereocenters. The van der Waals surface area contributed by atoms with Crippen LogP contribution in [-0.2, 0) is 20.8 Å². The summed E-state index contributed by atoms with van der Waals surface area (Å²) in [5, 5.41) is 22.2. The van der Waals surface area contributed by atoms with E-state index in [0.29, 0.717) is 25.2 Å². The zero-order chi connectivity index (χ0) is 21.0. The van der Waals surface area contributed by atoms with Gasteiger partial charge in [-0.1, -0.05) is 30.3 Å². The van der Waals surface area contributed by atoms with Crippen LogP contribution in [0, 0.1) is 5.92 Å². The first-order valence-electron chi connectivity index (χ1n) is 10.0. The van der Waals surface area contributed by atoms with Crippen LogP contribution in [0.15, 0.2) is 30.3 Å². The van der Waals surface area contributed by atoms with Crippen molar-refractivity contribution in [1.82, 2.24) is 10.2 Å². The molecule has 2 fully saturated rings. The van der Waals surface area contributed by atoms with Crippen molar-refractivity contribution in [3.05, 3.63) is 35.9 Å². The van der Waals surface area contributed by atoms with E-state index in [9.17, 15) is 24.6 Å². The zero-order valence-corrected chi connectivity index (χ0v) is 17.3. The number of hydrogen-bond donors (Lipinski definition) is 3. The highest BCUT2D eigenvalue weighted by Gasteiger charge is 2.46. The molecule has 29 heavy (non-hydrogen) atoms. The number of hydrogen-bond acceptors (Lipinski definition) is 5. The van der Waals surface area contributed by atoms with Crippen molar-refractivity contribution in [2.75, 3.05) is 11.5 Å². The van der Waals surface area contributed by atoms with E-state index in [4.69, 9.17) is 0 Å². The summed E-state index contributed by atoms with van der Waals surface area (Å²) in [4.78, 5) is 38.2. The lowest BCUT2D eigenvalue weighted by Crippen LogP contribution is -2.61. The summed E-state index contributed by atoms with van der Waals surface area (Å²) in [6.07, 6.45) is 2.19. The second kappa shape index (κ2) is 9.63. The molecule has 3 unspecified atom stereocenters. The molecule has 8 heteroatoms. The molecule has 2 aliphatic rings. The standard InChI is InChI=1S/C21H28N2O5S/c1-13(22-16(20(25)26)9-7-14-5-3-2-4-6-14)19(24)23-17(21(27)28)10-8-15-11-29-12-18(15)23/h2-6,13,15-18,22H,7-12H2,1H3,(H,25,26)(H,27,28)/t13?,15?,16-,17-,18?/m0/s1. The fourth-order valence-electron chi connectivity index (χ4n) is 4.30. The first kappa shape index (κ1) is 21.6. The topological polar surface area (TPSA) is 107 Å². The number of thioether (sulfide) groups is 1. The molecule has 7 nitrogen and oxygen atoms in total. The van der Waals surface area contributed by atoms with E-state index in [-0.39, 0.29) is 11.9 Å². The number of nitrogens with one attached hydrogen (secondary N) is 1. The van der Waals surface area contributed by atoms with Gasteiger partial charge in [-0.15, -0.1) is 0 Å². The third-order valence-corrected chi connectivity index (χ3v) is 7.13. The van der Waals surface area contributed by atoms with E-state index in [1.165, 1.54) is 4.90 Å². The Hall–Kier alpha value is -2.06. The fraction of sp³-hybridized carbons (Fsp3) is 0.571. The average Bonchev–Trinajstić information content (AvgIpc) is 3.18. The molecular formula is C21H28N2O5S. The molecule has 0 radical (unpaired) electrons. The number of rotatable bonds is 8. The molecule has 3 rings (SSSR count). The van der Waals surface area contributed by atoms with Crippen LogP contribution in [0.25, 0.3) is 0 Å². The van der Waals surface area contributed by atoms with Gasteiger partial charge in [0.05, 0.1) is 6.04 Å². The van der Waals surface area contributed by atoms with Crippen molar-refractivity contribution in [2.45, 2.75) is 56.8 Å². The minimum atomic E-state index is -1.01. The van der Waals surface area contributed by atoms with Crippen molar-refractivity contribution in [3.8, 4) is 0 Å². The van der Waals surface area contributed by atoms with Crippen LogP contribution in [0.3, 0.4) is 0 Å². The first-order valence-corrected chi connectivity index (χ1v) is 11.2. The highest BCUT2D eigenvalue weighted by Crippen LogP contribution is 2.38. The van der Waals surface area contributed by atoms with E-state index < -0.39 is 30.1 Å². The van der Waals surface area contributed by atoms with Crippen LogP contribution in [0.1, 0.15) is 31.7 Å². The van der Waals surface area contributed by atoms with E-state index in [2.05, 4.69) is 5.32 Å². The number of fused-ring (bicyclic) bond motifs is 1. The summed E-state index contributed by atoms with van der Waals surface area (Å²) in [5.74, 6) is -0.315. The Balaban J connectivity index is 1.67. The molecular weight excluding hydrogens is 392 g/mol. The lowest BCUT2D eigenvalue weighted by atomic mass is 9.87. The number of aliphatic carboxylic acids is 2. The van der Waals surface area contributed by atoms with Gasteiger partial charge in [0.2, 0.25) is 5.91 Å². The van der Waals surface area contributed by atoms with Gasteiger partial charge >= 0.3 is 11.9 Å². The van der Waals surface area contributed by atoms with Crippen molar-refractivity contribution < 1.29 is 24.6 Å². The Morgan fingerprint density at radius 3 is 2.55 bits per heavy atom. The van der Waals surface area contributed by atoms with Crippen LogP contribution in [-0.4, -0.2) is 68.6 Å². The van der Waals surface area contributed by atoms with Gasteiger partial charge in [-0.25, -0.2) is 4.79 Å². The molecule has 1 aromatic carbocycles. The molecule has 2 heterocycles. The van der Waals surface area contributed by atoms with Gasteiger partial charge in [0.25, 0.3) is 0 Å². The molecule has 0 saturated carbocycles. The minimum Gasteiger partial charge on any atom is -0.480 e. The van der Waals surface area contributed by atoms with Gasteiger partial charge in [-0.3, -0.25) is 14.9 Å². The van der Waals surface area contributed by atoms with E-state index in [0.717, 1.165) is 23.5 Å². The molecule has 0 aromatic heterocycles. The number of carboxylic acid groups (broad SMARTS) is 2. The Kier molecular flexibility index (Phi) is 7.18. The van der Waals surface area contributed by atoms with Crippen LogP contribution in [0.4, 0.5) is 0 Å². The normalized spacial score (nSPS) is 25.8. The lowest BCUT2D eigenvalue weighted by molar-refractivity contribution is -0.157. The van der Waals surface area contributed by atoms with Crippen LogP contribution in [0.2, 0.25) is 0 Å². The Labute approximate surface area is 174 Å². The quantitative estimate of drug-likeness (QED) is 0.589. The second-order valence-corrected chi connectivity index (χ2v) is 8.92. The highest BCUT2D eigenvalue weighted by molar-refractivity contribution is 7.99. The summed E-state index contributed by atoms with van der Waals surface area (Å²) in [7, 11) is 0. The first-order chi connectivity index (χ1) is 13.9. The third kappa shape index (κ3) is 5.11. The summed E-state index contributed by atoms with van der Waals surface area (Å²) < 4.78 is 0. The summed E-state index contributed by atoms with van der Waals surface area (Å²) in [6, 6.07) is 7.04. The number of likely N-dealkylation sites (tertiary alicyclic amines) is 1. The van der Waals surface area contributed by atoms with Crippen LogP contribution < -0.4 is 5.32 Å². The van der Waals surface area contributed by atoms with Gasteiger partial charge in [0.15, 0.2) is 0 Å². The van der Waals surface area contributed by atoms with Crippen molar-refractivity contribution in [1.29, 1.82) is 0 Å². The van der Waals surface area contributed by atoms with Crippen molar-refractivity contribution in [3.63, 3.8) is 0 Å². The number of benzene rings is 1. The highest BCUT2D eigenvalue weighted by atomic mass is 32.2. The van der Waals surface area contributed by atoms with E-state index in [1.54, 1.807) is 18.7 Å². The van der Waals surface area contributed by atoms with Gasteiger partial charge in [-0.2, -0.15) is 11.8 Å². The summed E-state index contributed by atoms with van der Waals surface area (Å²) in [6.45, 7) is 1.63. The largest absolute Gasteiger partial charge is 0.480 e. The van der Waals surface area contributed by atoms with Gasteiger partial charge in [-0.05, 0) is 49.8 Å². The zero-order valence-electron chi connectivity index (χ0n) is 16.5. The Morgan fingerprint density at radius 2 is 1.90 bits per heavy atom. The number of piperidine rings is 1. The van der Waals surface area contributed by atoms with Gasteiger partial charge in [0, 0.05) is 11.8 Å². The monoisotopic (exact) mass is 420 g/mol. The number of aryl methyl sites for hydroxylation is 1. The summed E-state index contributed by atoms with van der Waals surface area (Å²) >= 11 is 1.75. The molecule has 0 spiro atoms. The molecule has 2 saturated heterocycles. The van der Waals surface area contributed by atoms with Crippen LogP contribution >= 0.6 is 11.8 Å². The van der Waals surface area contributed by atoms with Crippen LogP contribution in [0.5, 0.6) is 0 Å². The van der Waals surface area contributed by atoms with Gasteiger partial charge < -0.3 is 15.1 Å². The molecule has 158 valence electrons. The maximum Gasteiger partial charge on any atom is 0.326 e. The van der Waals surface area contributed by atoms with E-state index >= 15 is 0 Å². The molecule has 0 bridgehead atoms. The molecule has 2 aliphatic heterocycles. The van der Waals surface area contributed by atoms with Crippen molar-refractivity contribution >= 4 is 29.6 Å².